The van der Waals surface area contributed by atoms with E-state index in [9.17, 15) is 8.78 Å². The van der Waals surface area contributed by atoms with E-state index in [0.29, 0.717) is 0 Å². The molecule has 2 aliphatic heterocycles. The van der Waals surface area contributed by atoms with E-state index in [2.05, 4.69) is 34.9 Å². The van der Waals surface area contributed by atoms with E-state index in [-0.39, 0.29) is 23.9 Å². The highest BCUT2D eigenvalue weighted by Gasteiger charge is 2.30. The molecule has 0 aromatic heterocycles. The summed E-state index contributed by atoms with van der Waals surface area (Å²) in [5.74, 6) is 1.68. The lowest BCUT2D eigenvalue weighted by Gasteiger charge is -2.42. The van der Waals surface area contributed by atoms with Crippen molar-refractivity contribution in [3.8, 4) is 5.75 Å². The molecule has 1 unspecified atom stereocenters. The normalized spacial score (nSPS) is 17.7. The molecular weight excluding hydrogens is 474 g/mol. The number of halogens is 2. The zero-order valence-corrected chi connectivity index (χ0v) is 21.7. The molecule has 0 N–H and O–H groups in total. The minimum atomic E-state index is -0.248. The Bertz CT molecular complexity index is 1090. The maximum atomic E-state index is 13.7. The molecular formula is C30H34F2N2OS. The Labute approximate surface area is 217 Å². The SMILES string of the molecule is CCCC(Oc1cccc2c1SCCC2)N1CCN(C(c2ccc(F)cc2)c2ccc(F)cc2)CC1. The van der Waals surface area contributed by atoms with Gasteiger partial charge in [-0.3, -0.25) is 9.80 Å². The van der Waals surface area contributed by atoms with Crippen molar-refractivity contribution in [2.45, 2.75) is 49.8 Å². The highest BCUT2D eigenvalue weighted by Crippen LogP contribution is 2.38. The maximum absolute atomic E-state index is 13.7. The van der Waals surface area contributed by atoms with E-state index in [0.717, 1.165) is 68.1 Å². The zero-order chi connectivity index (χ0) is 24.9. The fourth-order valence-corrected chi connectivity index (χ4v) is 6.46. The molecule has 5 rings (SSSR count). The molecule has 0 spiro atoms. The van der Waals surface area contributed by atoms with Gasteiger partial charge in [-0.15, -0.1) is 11.8 Å². The van der Waals surface area contributed by atoms with Crippen LogP contribution in [0.15, 0.2) is 71.6 Å². The minimum absolute atomic E-state index is 0.0428. The van der Waals surface area contributed by atoms with E-state index in [4.69, 9.17) is 4.74 Å². The van der Waals surface area contributed by atoms with Crippen LogP contribution in [0.2, 0.25) is 0 Å². The predicted octanol–water partition coefficient (Wildman–Crippen LogP) is 6.92. The van der Waals surface area contributed by atoms with Crippen LogP contribution in [0.4, 0.5) is 8.78 Å². The van der Waals surface area contributed by atoms with Crippen LogP contribution in [-0.2, 0) is 6.42 Å². The molecule has 0 radical (unpaired) electrons. The Kier molecular flexibility index (Phi) is 8.25. The number of thioether (sulfide) groups is 1. The second-order valence-electron chi connectivity index (χ2n) is 9.64. The summed E-state index contributed by atoms with van der Waals surface area (Å²) < 4.78 is 34.0. The van der Waals surface area contributed by atoms with Gasteiger partial charge in [0.1, 0.15) is 17.4 Å². The number of nitrogens with zero attached hydrogens (tertiary/aromatic N) is 2. The molecule has 3 aromatic rings. The number of rotatable bonds is 8. The van der Waals surface area contributed by atoms with Crippen LogP contribution in [0.25, 0.3) is 0 Å². The average molecular weight is 509 g/mol. The topological polar surface area (TPSA) is 15.7 Å². The van der Waals surface area contributed by atoms with E-state index in [1.54, 1.807) is 0 Å². The van der Waals surface area contributed by atoms with Crippen LogP contribution < -0.4 is 4.74 Å². The van der Waals surface area contributed by atoms with Gasteiger partial charge in [-0.1, -0.05) is 49.7 Å². The van der Waals surface area contributed by atoms with Gasteiger partial charge in [-0.2, -0.15) is 0 Å². The molecule has 6 heteroatoms. The second kappa shape index (κ2) is 11.8. The van der Waals surface area contributed by atoms with Crippen molar-refractivity contribution in [1.29, 1.82) is 0 Å². The largest absolute Gasteiger partial charge is 0.474 e. The van der Waals surface area contributed by atoms with Gasteiger partial charge < -0.3 is 4.74 Å². The smallest absolute Gasteiger partial charge is 0.152 e. The minimum Gasteiger partial charge on any atom is -0.474 e. The Balaban J connectivity index is 1.32. The Hall–Kier alpha value is -2.41. The number of fused-ring (bicyclic) bond motifs is 1. The fourth-order valence-electron chi connectivity index (χ4n) is 5.35. The molecule has 2 heterocycles. The van der Waals surface area contributed by atoms with E-state index < -0.39 is 0 Å². The number of benzene rings is 3. The first kappa shape index (κ1) is 25.2. The van der Waals surface area contributed by atoms with Crippen molar-refractivity contribution in [3.05, 3.63) is 95.1 Å². The highest BCUT2D eigenvalue weighted by molar-refractivity contribution is 7.99. The average Bonchev–Trinajstić information content (AvgIpc) is 2.91. The summed E-state index contributed by atoms with van der Waals surface area (Å²) in [6, 6.07) is 19.8. The monoisotopic (exact) mass is 508 g/mol. The van der Waals surface area contributed by atoms with Crippen molar-refractivity contribution >= 4 is 11.8 Å². The van der Waals surface area contributed by atoms with E-state index in [1.807, 2.05) is 36.0 Å². The molecule has 1 saturated heterocycles. The third kappa shape index (κ3) is 5.77. The second-order valence-corrected chi connectivity index (χ2v) is 10.7. The third-order valence-corrected chi connectivity index (χ3v) is 8.43. The van der Waals surface area contributed by atoms with Gasteiger partial charge in [0.2, 0.25) is 0 Å². The van der Waals surface area contributed by atoms with Crippen molar-refractivity contribution < 1.29 is 13.5 Å². The number of hydrogen-bond donors (Lipinski definition) is 0. The summed E-state index contributed by atoms with van der Waals surface area (Å²) in [4.78, 5) is 6.19. The van der Waals surface area contributed by atoms with Gasteiger partial charge in [0, 0.05) is 26.2 Å². The Morgan fingerprint density at radius 3 is 2.06 bits per heavy atom. The maximum Gasteiger partial charge on any atom is 0.152 e. The highest BCUT2D eigenvalue weighted by atomic mass is 32.2. The first-order valence-electron chi connectivity index (χ1n) is 13.0. The number of aryl methyl sites for hydroxylation is 1. The van der Waals surface area contributed by atoms with Crippen LogP contribution in [0, 0.1) is 11.6 Å². The third-order valence-electron chi connectivity index (χ3n) is 7.19. The lowest BCUT2D eigenvalue weighted by atomic mass is 9.96. The predicted molar refractivity (Wildman–Crippen MR) is 143 cm³/mol. The van der Waals surface area contributed by atoms with Gasteiger partial charge in [0.25, 0.3) is 0 Å². The molecule has 36 heavy (non-hydrogen) atoms. The molecule has 0 aliphatic carbocycles. The molecule has 0 amide bonds. The van der Waals surface area contributed by atoms with Gasteiger partial charge in [0.15, 0.2) is 6.23 Å². The molecule has 1 atom stereocenters. The van der Waals surface area contributed by atoms with Crippen LogP contribution >= 0.6 is 11.8 Å². The molecule has 2 aliphatic rings. The van der Waals surface area contributed by atoms with Crippen LogP contribution in [0.1, 0.15) is 48.9 Å². The van der Waals surface area contributed by atoms with Crippen molar-refractivity contribution in [2.24, 2.45) is 0 Å². The van der Waals surface area contributed by atoms with Gasteiger partial charge in [0.05, 0.1) is 10.9 Å². The molecule has 190 valence electrons. The Morgan fingerprint density at radius 2 is 1.44 bits per heavy atom. The number of hydrogen-bond acceptors (Lipinski definition) is 4. The quantitative estimate of drug-likeness (QED) is 0.328. The zero-order valence-electron chi connectivity index (χ0n) is 20.8. The van der Waals surface area contributed by atoms with E-state index in [1.165, 1.54) is 41.1 Å². The van der Waals surface area contributed by atoms with Gasteiger partial charge in [-0.25, -0.2) is 8.78 Å². The van der Waals surface area contributed by atoms with Crippen molar-refractivity contribution in [1.82, 2.24) is 9.80 Å². The molecule has 3 aromatic carbocycles. The van der Waals surface area contributed by atoms with Crippen molar-refractivity contribution in [3.63, 3.8) is 0 Å². The summed E-state index contributed by atoms with van der Waals surface area (Å²) >= 11 is 1.92. The van der Waals surface area contributed by atoms with Crippen LogP contribution in [0.3, 0.4) is 0 Å². The van der Waals surface area contributed by atoms with Gasteiger partial charge in [-0.05, 0) is 72.0 Å². The number of piperazine rings is 1. The summed E-state index contributed by atoms with van der Waals surface area (Å²) in [6.45, 7) is 5.67. The lowest BCUT2D eigenvalue weighted by molar-refractivity contribution is -0.0199. The van der Waals surface area contributed by atoms with Crippen molar-refractivity contribution in [2.75, 3.05) is 31.9 Å². The molecule has 0 bridgehead atoms. The van der Waals surface area contributed by atoms with Gasteiger partial charge >= 0.3 is 0 Å². The standard InChI is InChI=1S/C30H34F2N2OS/c1-2-5-28(35-27-8-3-6-24-7-4-21-36-30(24)27)33-17-19-34(20-18-33)29(22-9-13-25(31)14-10-22)23-11-15-26(32)16-12-23/h3,6,8-16,28-29H,2,4-5,7,17-21H2,1H3. The lowest BCUT2D eigenvalue weighted by Crippen LogP contribution is -2.52. The summed E-state index contributed by atoms with van der Waals surface area (Å²) in [7, 11) is 0. The summed E-state index contributed by atoms with van der Waals surface area (Å²) in [6.07, 6.45) is 4.44. The van der Waals surface area contributed by atoms with E-state index >= 15 is 0 Å². The molecule has 1 fully saturated rings. The summed E-state index contributed by atoms with van der Waals surface area (Å²) in [5.41, 5.74) is 3.45. The molecule has 3 nitrogen and oxygen atoms in total. The first-order chi connectivity index (χ1) is 17.6. The fraction of sp³-hybridized carbons (Fsp3) is 0.400. The van der Waals surface area contributed by atoms with Crippen LogP contribution in [0.5, 0.6) is 5.75 Å². The Morgan fingerprint density at radius 1 is 0.833 bits per heavy atom. The number of ether oxygens (including phenoxy) is 1. The van der Waals surface area contributed by atoms with Crippen LogP contribution in [-0.4, -0.2) is 48.0 Å². The first-order valence-corrected chi connectivity index (χ1v) is 14.0. The summed E-state index contributed by atoms with van der Waals surface area (Å²) in [5, 5.41) is 0. The molecule has 0 saturated carbocycles.